The zero-order valence-corrected chi connectivity index (χ0v) is 11.9. The predicted molar refractivity (Wildman–Crippen MR) is 82.0 cm³/mol. The Labute approximate surface area is 120 Å². The first-order valence-electron chi connectivity index (χ1n) is 7.29. The van der Waals surface area contributed by atoms with Gasteiger partial charge < -0.3 is 10.1 Å². The van der Waals surface area contributed by atoms with E-state index >= 15 is 0 Å². The van der Waals surface area contributed by atoms with Gasteiger partial charge in [-0.2, -0.15) is 0 Å². The van der Waals surface area contributed by atoms with Crippen LogP contribution in [0.15, 0.2) is 54.6 Å². The normalized spacial score (nSPS) is 15.8. The van der Waals surface area contributed by atoms with E-state index in [9.17, 15) is 0 Å². The van der Waals surface area contributed by atoms with Gasteiger partial charge in [-0.05, 0) is 48.6 Å². The van der Waals surface area contributed by atoms with Crippen LogP contribution in [-0.4, -0.2) is 13.7 Å². The molecular formula is C18H21NO. The van der Waals surface area contributed by atoms with Crippen molar-refractivity contribution < 1.29 is 4.74 Å². The van der Waals surface area contributed by atoms with Crippen molar-refractivity contribution in [1.29, 1.82) is 0 Å². The maximum absolute atomic E-state index is 5.24. The SMILES string of the molecule is COc1ccc([C@@H](NCC2CC2)c2ccccc2)cc1. The van der Waals surface area contributed by atoms with E-state index in [2.05, 4.69) is 47.8 Å². The summed E-state index contributed by atoms with van der Waals surface area (Å²) in [6.07, 6.45) is 2.74. The summed E-state index contributed by atoms with van der Waals surface area (Å²) in [4.78, 5) is 0. The molecule has 2 heteroatoms. The van der Waals surface area contributed by atoms with Crippen molar-refractivity contribution in [3.05, 3.63) is 65.7 Å². The lowest BCUT2D eigenvalue weighted by molar-refractivity contribution is 0.414. The van der Waals surface area contributed by atoms with Crippen LogP contribution in [0.1, 0.15) is 30.0 Å². The van der Waals surface area contributed by atoms with Crippen LogP contribution in [-0.2, 0) is 0 Å². The lowest BCUT2D eigenvalue weighted by Gasteiger charge is -2.20. The quantitative estimate of drug-likeness (QED) is 0.860. The van der Waals surface area contributed by atoms with Gasteiger partial charge >= 0.3 is 0 Å². The molecule has 2 aromatic rings. The van der Waals surface area contributed by atoms with Gasteiger partial charge in [0.1, 0.15) is 5.75 Å². The fourth-order valence-electron chi connectivity index (χ4n) is 2.48. The molecule has 1 atom stereocenters. The summed E-state index contributed by atoms with van der Waals surface area (Å²) in [6, 6.07) is 19.3. The van der Waals surface area contributed by atoms with Crippen LogP contribution >= 0.6 is 0 Å². The molecule has 0 aromatic heterocycles. The van der Waals surface area contributed by atoms with Crippen LogP contribution in [0.4, 0.5) is 0 Å². The minimum atomic E-state index is 0.266. The van der Waals surface area contributed by atoms with E-state index in [-0.39, 0.29) is 6.04 Å². The van der Waals surface area contributed by atoms with Crippen molar-refractivity contribution in [2.75, 3.05) is 13.7 Å². The Hall–Kier alpha value is -1.80. The summed E-state index contributed by atoms with van der Waals surface area (Å²) >= 11 is 0. The fourth-order valence-corrected chi connectivity index (χ4v) is 2.48. The second kappa shape index (κ2) is 6.10. The summed E-state index contributed by atoms with van der Waals surface area (Å²) in [5.74, 6) is 1.78. The highest BCUT2D eigenvalue weighted by Crippen LogP contribution is 2.30. The Morgan fingerprint density at radius 2 is 1.65 bits per heavy atom. The van der Waals surface area contributed by atoms with E-state index in [0.29, 0.717) is 0 Å². The Bertz CT molecular complexity index is 531. The average molecular weight is 267 g/mol. The molecule has 1 fully saturated rings. The Kier molecular flexibility index (Phi) is 4.03. The van der Waals surface area contributed by atoms with E-state index in [1.165, 1.54) is 24.0 Å². The van der Waals surface area contributed by atoms with Gasteiger partial charge in [-0.25, -0.2) is 0 Å². The first-order valence-corrected chi connectivity index (χ1v) is 7.29. The minimum Gasteiger partial charge on any atom is -0.497 e. The summed E-state index contributed by atoms with van der Waals surface area (Å²) in [6.45, 7) is 1.10. The first kappa shape index (κ1) is 13.2. The number of hydrogen-bond acceptors (Lipinski definition) is 2. The van der Waals surface area contributed by atoms with Crippen LogP contribution in [0, 0.1) is 5.92 Å². The highest BCUT2D eigenvalue weighted by Gasteiger charge is 2.23. The van der Waals surface area contributed by atoms with Gasteiger partial charge in [-0.1, -0.05) is 42.5 Å². The van der Waals surface area contributed by atoms with Crippen molar-refractivity contribution in [2.45, 2.75) is 18.9 Å². The number of nitrogens with one attached hydrogen (secondary N) is 1. The summed E-state index contributed by atoms with van der Waals surface area (Å²) in [7, 11) is 1.70. The molecule has 0 unspecified atom stereocenters. The van der Waals surface area contributed by atoms with Gasteiger partial charge in [0.05, 0.1) is 13.2 Å². The molecule has 0 amide bonds. The van der Waals surface area contributed by atoms with Crippen molar-refractivity contribution >= 4 is 0 Å². The number of ether oxygens (including phenoxy) is 1. The van der Waals surface area contributed by atoms with Crippen LogP contribution in [0.2, 0.25) is 0 Å². The zero-order valence-electron chi connectivity index (χ0n) is 11.9. The molecule has 20 heavy (non-hydrogen) atoms. The number of methoxy groups -OCH3 is 1. The lowest BCUT2D eigenvalue weighted by atomic mass is 9.98. The van der Waals surface area contributed by atoms with Crippen molar-refractivity contribution in [1.82, 2.24) is 5.32 Å². The molecular weight excluding hydrogens is 246 g/mol. The van der Waals surface area contributed by atoms with Gasteiger partial charge in [-0.15, -0.1) is 0 Å². The molecule has 0 heterocycles. The molecule has 0 spiro atoms. The van der Waals surface area contributed by atoms with E-state index in [0.717, 1.165) is 18.2 Å². The van der Waals surface area contributed by atoms with E-state index < -0.39 is 0 Å². The van der Waals surface area contributed by atoms with Gasteiger partial charge in [0, 0.05) is 0 Å². The van der Waals surface area contributed by atoms with Crippen molar-refractivity contribution in [3.63, 3.8) is 0 Å². The Balaban J connectivity index is 1.82. The van der Waals surface area contributed by atoms with E-state index in [4.69, 9.17) is 4.74 Å². The number of hydrogen-bond donors (Lipinski definition) is 1. The molecule has 0 bridgehead atoms. The van der Waals surface area contributed by atoms with Gasteiger partial charge in [0.15, 0.2) is 0 Å². The molecule has 1 aliphatic rings. The molecule has 0 radical (unpaired) electrons. The highest BCUT2D eigenvalue weighted by atomic mass is 16.5. The molecule has 0 aliphatic heterocycles. The van der Waals surface area contributed by atoms with Gasteiger partial charge in [0.25, 0.3) is 0 Å². The average Bonchev–Trinajstić information content (AvgIpc) is 3.33. The lowest BCUT2D eigenvalue weighted by Crippen LogP contribution is -2.24. The maximum Gasteiger partial charge on any atom is 0.118 e. The molecule has 0 saturated heterocycles. The third-order valence-electron chi connectivity index (χ3n) is 3.89. The van der Waals surface area contributed by atoms with E-state index in [1.54, 1.807) is 7.11 Å². The van der Waals surface area contributed by atoms with Crippen LogP contribution in [0.5, 0.6) is 5.75 Å². The smallest absolute Gasteiger partial charge is 0.118 e. The molecule has 1 N–H and O–H groups in total. The third-order valence-corrected chi connectivity index (χ3v) is 3.89. The monoisotopic (exact) mass is 267 g/mol. The second-order valence-corrected chi connectivity index (χ2v) is 5.47. The van der Waals surface area contributed by atoms with Crippen LogP contribution in [0.3, 0.4) is 0 Å². The van der Waals surface area contributed by atoms with Crippen molar-refractivity contribution in [2.24, 2.45) is 5.92 Å². The number of rotatable bonds is 6. The van der Waals surface area contributed by atoms with Crippen molar-refractivity contribution in [3.8, 4) is 5.75 Å². The molecule has 2 aromatic carbocycles. The summed E-state index contributed by atoms with van der Waals surface area (Å²) < 4.78 is 5.24. The van der Waals surface area contributed by atoms with Crippen LogP contribution < -0.4 is 10.1 Å². The molecule has 2 nitrogen and oxygen atoms in total. The standard InChI is InChI=1S/C18H21NO/c1-20-17-11-9-16(10-12-17)18(19-13-14-7-8-14)15-5-3-2-4-6-15/h2-6,9-12,14,18-19H,7-8,13H2,1H3/t18-/m0/s1. The molecule has 1 saturated carbocycles. The predicted octanol–water partition coefficient (Wildman–Crippen LogP) is 3.78. The van der Waals surface area contributed by atoms with E-state index in [1.807, 2.05) is 12.1 Å². The van der Waals surface area contributed by atoms with Crippen LogP contribution in [0.25, 0.3) is 0 Å². The second-order valence-electron chi connectivity index (χ2n) is 5.47. The minimum absolute atomic E-state index is 0.266. The third kappa shape index (κ3) is 3.20. The zero-order chi connectivity index (χ0) is 13.8. The fraction of sp³-hybridized carbons (Fsp3) is 0.333. The highest BCUT2D eigenvalue weighted by molar-refractivity contribution is 5.35. The topological polar surface area (TPSA) is 21.3 Å². The molecule has 104 valence electrons. The molecule has 3 rings (SSSR count). The number of benzene rings is 2. The Morgan fingerprint density at radius 3 is 2.25 bits per heavy atom. The van der Waals surface area contributed by atoms with Gasteiger partial charge in [0.2, 0.25) is 0 Å². The summed E-state index contributed by atoms with van der Waals surface area (Å²) in [5, 5.41) is 3.71. The molecule has 1 aliphatic carbocycles. The largest absolute Gasteiger partial charge is 0.497 e. The Morgan fingerprint density at radius 1 is 1.00 bits per heavy atom. The summed E-state index contributed by atoms with van der Waals surface area (Å²) in [5.41, 5.74) is 2.61. The van der Waals surface area contributed by atoms with Gasteiger partial charge in [-0.3, -0.25) is 0 Å². The maximum atomic E-state index is 5.24. The first-order chi connectivity index (χ1) is 9.86.